The monoisotopic (exact) mass is 286 g/mol. The Labute approximate surface area is 118 Å². The number of carboxylic acids is 1. The van der Waals surface area contributed by atoms with Crippen molar-refractivity contribution in [2.45, 2.75) is 0 Å². The Hall–Kier alpha value is -3.41. The molecule has 0 atom stereocenters. The van der Waals surface area contributed by atoms with Crippen molar-refractivity contribution in [1.29, 1.82) is 5.26 Å². The molecule has 0 radical (unpaired) electrons. The van der Waals surface area contributed by atoms with E-state index >= 15 is 0 Å². The van der Waals surface area contributed by atoms with Gasteiger partial charge in [0, 0.05) is 18.0 Å². The van der Waals surface area contributed by atoms with Crippen LogP contribution in [0.5, 0.6) is 5.75 Å². The Morgan fingerprint density at radius 1 is 1.57 bits per heavy atom. The Balaban J connectivity index is 2.07. The van der Waals surface area contributed by atoms with E-state index in [0.29, 0.717) is 11.4 Å². The highest BCUT2D eigenvalue weighted by Crippen LogP contribution is 2.18. The molecule has 0 amide bonds. The van der Waals surface area contributed by atoms with Crippen LogP contribution < -0.4 is 10.1 Å². The molecular weight excluding hydrogens is 276 g/mol. The van der Waals surface area contributed by atoms with Crippen molar-refractivity contribution in [2.75, 3.05) is 11.9 Å². The molecule has 0 aliphatic heterocycles. The summed E-state index contributed by atoms with van der Waals surface area (Å²) in [5.41, 5.74) is 0.815. The van der Waals surface area contributed by atoms with Crippen LogP contribution in [0, 0.1) is 11.3 Å². The van der Waals surface area contributed by atoms with Crippen molar-refractivity contribution < 1.29 is 14.6 Å². The first-order valence-corrected chi connectivity index (χ1v) is 5.74. The third-order valence-electron chi connectivity index (χ3n) is 2.29. The lowest BCUT2D eigenvalue weighted by Crippen LogP contribution is -2.09. The molecule has 106 valence electrons. The molecule has 1 aromatic heterocycles. The zero-order valence-electron chi connectivity index (χ0n) is 10.6. The molecule has 0 bridgehead atoms. The van der Waals surface area contributed by atoms with E-state index in [2.05, 4.69) is 25.9 Å². The molecule has 1 aromatic carbocycles. The Morgan fingerprint density at radius 2 is 2.43 bits per heavy atom. The summed E-state index contributed by atoms with van der Waals surface area (Å²) in [5.74, 6) is -0.491. The molecule has 0 aliphatic rings. The summed E-state index contributed by atoms with van der Waals surface area (Å²) < 4.78 is 5.05. The summed E-state index contributed by atoms with van der Waals surface area (Å²) in [7, 11) is 0. The number of hydrogen-bond acceptors (Lipinski definition) is 7. The van der Waals surface area contributed by atoms with E-state index in [0.717, 1.165) is 0 Å². The topological polar surface area (TPSA) is 137 Å². The maximum Gasteiger partial charge on any atom is 0.341 e. The van der Waals surface area contributed by atoms with Crippen molar-refractivity contribution in [2.24, 2.45) is 0 Å². The lowest BCUT2D eigenvalue weighted by molar-refractivity contribution is -0.139. The molecular formula is C12H10N6O3. The third kappa shape index (κ3) is 4.03. The average molecular weight is 286 g/mol. The van der Waals surface area contributed by atoms with Crippen molar-refractivity contribution in [1.82, 2.24) is 20.6 Å². The summed E-state index contributed by atoms with van der Waals surface area (Å²) in [5, 5.41) is 33.5. The Bertz CT molecular complexity index is 689. The smallest absolute Gasteiger partial charge is 0.341 e. The largest absolute Gasteiger partial charge is 0.482 e. The van der Waals surface area contributed by atoms with Gasteiger partial charge in [0.2, 0.25) is 5.82 Å². The minimum absolute atomic E-state index is 0.170. The van der Waals surface area contributed by atoms with Gasteiger partial charge in [0.1, 0.15) is 17.4 Å². The average Bonchev–Trinajstić information content (AvgIpc) is 3.00. The summed E-state index contributed by atoms with van der Waals surface area (Å²) in [6.07, 6.45) is 1.42. The number of hydrogen-bond donors (Lipinski definition) is 3. The molecule has 9 heteroatoms. The molecule has 0 saturated heterocycles. The third-order valence-corrected chi connectivity index (χ3v) is 2.29. The Morgan fingerprint density at radius 3 is 3.10 bits per heavy atom. The number of rotatable bonds is 6. The number of nitrogens with zero attached hydrogens (tertiary/aromatic N) is 4. The van der Waals surface area contributed by atoms with Gasteiger partial charge in [-0.2, -0.15) is 10.5 Å². The number of nitrogens with one attached hydrogen (secondary N) is 2. The van der Waals surface area contributed by atoms with Gasteiger partial charge in [-0.05, 0) is 17.3 Å². The van der Waals surface area contributed by atoms with Gasteiger partial charge in [-0.15, -0.1) is 10.2 Å². The SMILES string of the molecule is N#CC(=CNc1cccc(OCC(=O)O)c1)c1nn[nH]n1. The predicted molar refractivity (Wildman–Crippen MR) is 71.0 cm³/mol. The number of aromatic amines is 1. The van der Waals surface area contributed by atoms with E-state index < -0.39 is 12.6 Å². The van der Waals surface area contributed by atoms with Gasteiger partial charge in [-0.3, -0.25) is 0 Å². The van der Waals surface area contributed by atoms with Crippen molar-refractivity contribution in [3.05, 3.63) is 36.3 Å². The number of benzene rings is 1. The van der Waals surface area contributed by atoms with Crippen LogP contribution in [-0.4, -0.2) is 38.3 Å². The summed E-state index contributed by atoms with van der Waals surface area (Å²) >= 11 is 0. The van der Waals surface area contributed by atoms with Gasteiger partial charge in [0.15, 0.2) is 6.61 Å². The highest BCUT2D eigenvalue weighted by molar-refractivity contribution is 5.74. The van der Waals surface area contributed by atoms with Gasteiger partial charge >= 0.3 is 5.97 Å². The lowest BCUT2D eigenvalue weighted by atomic mass is 10.2. The van der Waals surface area contributed by atoms with Crippen LogP contribution in [-0.2, 0) is 4.79 Å². The molecule has 2 aromatic rings. The number of nitriles is 1. The molecule has 0 fully saturated rings. The first-order chi connectivity index (χ1) is 10.2. The minimum Gasteiger partial charge on any atom is -0.482 e. The van der Waals surface area contributed by atoms with Gasteiger partial charge in [-0.1, -0.05) is 6.07 Å². The highest BCUT2D eigenvalue weighted by atomic mass is 16.5. The molecule has 0 aliphatic carbocycles. The van der Waals surface area contributed by atoms with Crippen LogP contribution in [0.1, 0.15) is 5.82 Å². The zero-order valence-corrected chi connectivity index (χ0v) is 10.6. The van der Waals surface area contributed by atoms with Gasteiger partial charge in [-0.25, -0.2) is 4.79 Å². The van der Waals surface area contributed by atoms with Crippen molar-refractivity contribution >= 4 is 17.2 Å². The van der Waals surface area contributed by atoms with E-state index in [9.17, 15) is 4.79 Å². The van der Waals surface area contributed by atoms with Crippen LogP contribution in [0.15, 0.2) is 30.5 Å². The van der Waals surface area contributed by atoms with Gasteiger partial charge < -0.3 is 15.2 Å². The molecule has 0 saturated carbocycles. The lowest BCUT2D eigenvalue weighted by Gasteiger charge is -2.06. The second-order valence-electron chi connectivity index (χ2n) is 3.76. The van der Waals surface area contributed by atoms with Gasteiger partial charge in [0.05, 0.1) is 0 Å². The number of anilines is 1. The second-order valence-corrected chi connectivity index (χ2v) is 3.76. The molecule has 3 N–H and O–H groups in total. The van der Waals surface area contributed by atoms with Crippen LogP contribution in [0.4, 0.5) is 5.69 Å². The van der Waals surface area contributed by atoms with Crippen LogP contribution >= 0.6 is 0 Å². The standard InChI is InChI=1S/C12H10N6O3/c13-5-8(12-15-17-18-16-12)6-14-9-2-1-3-10(4-9)21-7-11(19)20/h1-4,6,14H,7H2,(H,19,20)(H,15,16,17,18). The molecule has 0 spiro atoms. The first-order valence-electron chi connectivity index (χ1n) is 5.74. The minimum atomic E-state index is -1.06. The number of H-pyrrole nitrogens is 1. The number of aliphatic carboxylic acids is 1. The number of aromatic nitrogens is 4. The van der Waals surface area contributed by atoms with E-state index in [4.69, 9.17) is 15.1 Å². The molecule has 2 rings (SSSR count). The second kappa shape index (κ2) is 6.67. The number of ether oxygens (including phenoxy) is 1. The van der Waals surface area contributed by atoms with E-state index in [-0.39, 0.29) is 11.4 Å². The molecule has 9 nitrogen and oxygen atoms in total. The Kier molecular flexibility index (Phi) is 4.45. The fraction of sp³-hybridized carbons (Fsp3) is 0.0833. The number of allylic oxidation sites excluding steroid dienone is 1. The number of carboxylic acid groups (broad SMARTS) is 1. The van der Waals surface area contributed by atoms with Crippen LogP contribution in [0.2, 0.25) is 0 Å². The maximum atomic E-state index is 10.4. The van der Waals surface area contributed by atoms with Gasteiger partial charge in [0.25, 0.3) is 0 Å². The fourth-order valence-corrected chi connectivity index (χ4v) is 1.40. The predicted octanol–water partition coefficient (Wildman–Crippen LogP) is 0.640. The van der Waals surface area contributed by atoms with E-state index in [1.807, 2.05) is 6.07 Å². The zero-order chi connectivity index (χ0) is 15.1. The molecule has 1 heterocycles. The number of tetrazole rings is 1. The van der Waals surface area contributed by atoms with E-state index in [1.54, 1.807) is 24.3 Å². The fourth-order valence-electron chi connectivity index (χ4n) is 1.40. The van der Waals surface area contributed by atoms with Crippen molar-refractivity contribution in [3.63, 3.8) is 0 Å². The normalized spacial score (nSPS) is 10.7. The summed E-state index contributed by atoms with van der Waals surface area (Å²) in [4.78, 5) is 10.4. The summed E-state index contributed by atoms with van der Waals surface area (Å²) in [6.45, 7) is -0.425. The number of carbonyl (C=O) groups is 1. The van der Waals surface area contributed by atoms with Crippen LogP contribution in [0.3, 0.4) is 0 Å². The molecule has 0 unspecified atom stereocenters. The maximum absolute atomic E-state index is 10.4. The first kappa shape index (κ1) is 14.0. The van der Waals surface area contributed by atoms with Crippen molar-refractivity contribution in [3.8, 4) is 11.8 Å². The molecule has 21 heavy (non-hydrogen) atoms. The van der Waals surface area contributed by atoms with E-state index in [1.165, 1.54) is 6.20 Å². The van der Waals surface area contributed by atoms with Crippen LogP contribution in [0.25, 0.3) is 5.57 Å². The highest BCUT2D eigenvalue weighted by Gasteiger charge is 2.05. The summed E-state index contributed by atoms with van der Waals surface area (Å²) in [6, 6.07) is 8.58. The quantitative estimate of drug-likeness (QED) is 0.658.